The second-order valence-corrected chi connectivity index (χ2v) is 7.03. The van der Waals surface area contributed by atoms with Crippen LogP contribution in [0.3, 0.4) is 0 Å². The molecule has 1 aromatic heterocycles. The fourth-order valence-corrected chi connectivity index (χ4v) is 3.10. The Labute approximate surface area is 146 Å². The predicted molar refractivity (Wildman–Crippen MR) is 97.9 cm³/mol. The van der Waals surface area contributed by atoms with E-state index >= 15 is 0 Å². The van der Waals surface area contributed by atoms with Crippen LogP contribution in [0, 0.1) is 12.7 Å². The third-order valence-corrected chi connectivity index (χ3v) is 4.53. The maximum Gasteiger partial charge on any atom is 0.191 e. The van der Waals surface area contributed by atoms with Crippen molar-refractivity contribution in [3.8, 4) is 0 Å². The Hall–Kier alpha value is -1.99. The van der Waals surface area contributed by atoms with Gasteiger partial charge in [-0.1, -0.05) is 12.1 Å². The van der Waals surface area contributed by atoms with E-state index in [1.165, 1.54) is 10.9 Å². The minimum absolute atomic E-state index is 0.0429. The van der Waals surface area contributed by atoms with Gasteiger partial charge in [-0.05, 0) is 38.7 Å². The quantitative estimate of drug-likeness (QED) is 0.622. The first kappa shape index (κ1) is 18.4. The van der Waals surface area contributed by atoms with Crippen molar-refractivity contribution in [1.82, 2.24) is 20.5 Å². The highest BCUT2D eigenvalue weighted by molar-refractivity contribution is 7.11. The molecule has 1 heterocycles. The fraction of sp³-hybridized carbons (Fsp3) is 0.412. The number of benzene rings is 1. The number of aromatic nitrogens is 1. The summed E-state index contributed by atoms with van der Waals surface area (Å²) in [6.07, 6.45) is 1.86. The van der Waals surface area contributed by atoms with Crippen molar-refractivity contribution in [2.75, 3.05) is 27.7 Å². The minimum atomic E-state index is -0.221. The molecule has 0 saturated heterocycles. The van der Waals surface area contributed by atoms with Crippen molar-refractivity contribution in [3.63, 3.8) is 0 Å². The van der Waals surface area contributed by atoms with Gasteiger partial charge in [-0.25, -0.2) is 9.37 Å². The Morgan fingerprint density at radius 1 is 1.38 bits per heavy atom. The normalized spacial score (nSPS) is 13.2. The van der Waals surface area contributed by atoms with Crippen molar-refractivity contribution < 1.29 is 4.39 Å². The van der Waals surface area contributed by atoms with E-state index in [9.17, 15) is 4.39 Å². The van der Waals surface area contributed by atoms with Gasteiger partial charge < -0.3 is 15.5 Å². The molecule has 130 valence electrons. The number of hydrogen-bond donors (Lipinski definition) is 2. The zero-order valence-corrected chi connectivity index (χ0v) is 15.3. The predicted octanol–water partition coefficient (Wildman–Crippen LogP) is 2.56. The molecule has 2 N–H and O–H groups in total. The number of aryl methyl sites for hydroxylation is 1. The molecule has 1 unspecified atom stereocenters. The van der Waals surface area contributed by atoms with Gasteiger partial charge in [-0.3, -0.25) is 4.99 Å². The summed E-state index contributed by atoms with van der Waals surface area (Å²) in [7, 11) is 5.69. The van der Waals surface area contributed by atoms with Gasteiger partial charge in [-0.15, -0.1) is 11.3 Å². The molecule has 0 amide bonds. The molecule has 24 heavy (non-hydrogen) atoms. The SMILES string of the molecule is CN=C(NCc1ncc(C)s1)NCC(c1cccc(F)c1)N(C)C. The average Bonchev–Trinajstić information content (AvgIpc) is 2.96. The fourth-order valence-electron chi connectivity index (χ4n) is 2.37. The molecule has 1 aromatic carbocycles. The first-order chi connectivity index (χ1) is 11.5. The largest absolute Gasteiger partial charge is 0.354 e. The van der Waals surface area contributed by atoms with E-state index in [0.717, 1.165) is 10.6 Å². The first-order valence-corrected chi connectivity index (χ1v) is 8.59. The van der Waals surface area contributed by atoms with Gasteiger partial charge in [-0.2, -0.15) is 0 Å². The smallest absolute Gasteiger partial charge is 0.191 e. The van der Waals surface area contributed by atoms with Crippen LogP contribution in [-0.4, -0.2) is 43.5 Å². The molecule has 0 aliphatic heterocycles. The Morgan fingerprint density at radius 2 is 2.17 bits per heavy atom. The zero-order chi connectivity index (χ0) is 17.5. The Kier molecular flexibility index (Phi) is 6.69. The van der Waals surface area contributed by atoms with Gasteiger partial charge in [0.1, 0.15) is 10.8 Å². The van der Waals surface area contributed by atoms with Crippen molar-refractivity contribution in [2.45, 2.75) is 19.5 Å². The molecule has 0 aliphatic rings. The third-order valence-electron chi connectivity index (χ3n) is 3.62. The average molecular weight is 349 g/mol. The summed E-state index contributed by atoms with van der Waals surface area (Å²) in [4.78, 5) is 11.8. The van der Waals surface area contributed by atoms with Crippen molar-refractivity contribution >= 4 is 17.3 Å². The number of thiazole rings is 1. The Bertz CT molecular complexity index is 683. The minimum Gasteiger partial charge on any atom is -0.354 e. The van der Waals surface area contributed by atoms with Gasteiger partial charge in [0.05, 0.1) is 12.6 Å². The van der Waals surface area contributed by atoms with Crippen LogP contribution in [0.5, 0.6) is 0 Å². The lowest BCUT2D eigenvalue weighted by Gasteiger charge is -2.26. The van der Waals surface area contributed by atoms with E-state index in [2.05, 4.69) is 25.5 Å². The van der Waals surface area contributed by atoms with Crippen LogP contribution in [0.15, 0.2) is 35.5 Å². The molecule has 0 bridgehead atoms. The van der Waals surface area contributed by atoms with Gasteiger partial charge in [0.25, 0.3) is 0 Å². The summed E-state index contributed by atoms with van der Waals surface area (Å²) in [6, 6.07) is 6.74. The van der Waals surface area contributed by atoms with Crippen LogP contribution < -0.4 is 10.6 Å². The van der Waals surface area contributed by atoms with E-state index in [0.29, 0.717) is 19.0 Å². The first-order valence-electron chi connectivity index (χ1n) is 7.77. The number of likely N-dealkylation sites (N-methyl/N-ethyl adjacent to an activating group) is 1. The van der Waals surface area contributed by atoms with Crippen LogP contribution >= 0.6 is 11.3 Å². The maximum absolute atomic E-state index is 13.5. The second-order valence-electron chi connectivity index (χ2n) is 5.71. The zero-order valence-electron chi connectivity index (χ0n) is 14.5. The van der Waals surface area contributed by atoms with Gasteiger partial charge in [0.2, 0.25) is 0 Å². The van der Waals surface area contributed by atoms with E-state index in [-0.39, 0.29) is 11.9 Å². The summed E-state index contributed by atoms with van der Waals surface area (Å²) < 4.78 is 13.5. The summed E-state index contributed by atoms with van der Waals surface area (Å²) in [5, 5.41) is 7.57. The lowest BCUT2D eigenvalue weighted by atomic mass is 10.1. The molecule has 7 heteroatoms. The standard InChI is InChI=1S/C17H24FN5S/c1-12-9-20-16(24-12)11-22-17(19-2)21-10-15(23(3)4)13-6-5-7-14(18)8-13/h5-9,15H,10-11H2,1-4H3,(H2,19,21,22). The monoisotopic (exact) mass is 349 g/mol. The number of halogens is 1. The summed E-state index contributed by atoms with van der Waals surface area (Å²) in [5.41, 5.74) is 0.929. The number of guanidine groups is 1. The number of nitrogens with one attached hydrogen (secondary N) is 2. The van der Waals surface area contributed by atoms with E-state index in [1.807, 2.05) is 33.3 Å². The van der Waals surface area contributed by atoms with Crippen molar-refractivity contribution in [1.29, 1.82) is 0 Å². The molecule has 0 spiro atoms. The third kappa shape index (κ3) is 5.28. The highest BCUT2D eigenvalue weighted by Gasteiger charge is 2.15. The van der Waals surface area contributed by atoms with Crippen LogP contribution in [0.2, 0.25) is 0 Å². The van der Waals surface area contributed by atoms with Crippen LogP contribution in [0.25, 0.3) is 0 Å². The Morgan fingerprint density at radius 3 is 2.75 bits per heavy atom. The molecule has 2 rings (SSSR count). The lowest BCUT2D eigenvalue weighted by Crippen LogP contribution is -2.41. The summed E-state index contributed by atoms with van der Waals surface area (Å²) in [6.45, 7) is 3.28. The highest BCUT2D eigenvalue weighted by Crippen LogP contribution is 2.18. The summed E-state index contributed by atoms with van der Waals surface area (Å²) >= 11 is 1.66. The van der Waals surface area contributed by atoms with Crippen molar-refractivity contribution in [3.05, 3.63) is 51.7 Å². The topological polar surface area (TPSA) is 52.6 Å². The lowest BCUT2D eigenvalue weighted by molar-refractivity contribution is 0.297. The molecule has 5 nitrogen and oxygen atoms in total. The molecule has 0 fully saturated rings. The number of rotatable bonds is 6. The van der Waals surface area contributed by atoms with Gasteiger partial charge >= 0.3 is 0 Å². The van der Waals surface area contributed by atoms with Crippen LogP contribution in [-0.2, 0) is 6.54 Å². The highest BCUT2D eigenvalue weighted by atomic mass is 32.1. The second kappa shape index (κ2) is 8.75. The van der Waals surface area contributed by atoms with Crippen molar-refractivity contribution in [2.24, 2.45) is 4.99 Å². The molecular weight excluding hydrogens is 325 g/mol. The molecule has 0 aliphatic carbocycles. The summed E-state index contributed by atoms with van der Waals surface area (Å²) in [5.74, 6) is 0.479. The maximum atomic E-state index is 13.5. The molecule has 0 saturated carbocycles. The number of aliphatic imine (C=N–C) groups is 1. The van der Waals surface area contributed by atoms with E-state index in [4.69, 9.17) is 0 Å². The van der Waals surface area contributed by atoms with Gasteiger partial charge in [0, 0.05) is 24.7 Å². The van der Waals surface area contributed by atoms with Crippen LogP contribution in [0.4, 0.5) is 4.39 Å². The molecular formula is C17H24FN5S. The molecule has 0 radical (unpaired) electrons. The molecule has 1 atom stereocenters. The van der Waals surface area contributed by atoms with E-state index < -0.39 is 0 Å². The number of nitrogens with zero attached hydrogens (tertiary/aromatic N) is 3. The van der Waals surface area contributed by atoms with E-state index in [1.54, 1.807) is 30.5 Å². The molecule has 2 aromatic rings. The van der Waals surface area contributed by atoms with Crippen LogP contribution in [0.1, 0.15) is 21.5 Å². The Balaban J connectivity index is 1.94. The van der Waals surface area contributed by atoms with Gasteiger partial charge in [0.15, 0.2) is 5.96 Å². The number of hydrogen-bond acceptors (Lipinski definition) is 4.